The molecule has 188 valence electrons. The van der Waals surface area contributed by atoms with E-state index < -0.39 is 24.0 Å². The van der Waals surface area contributed by atoms with Crippen LogP contribution in [0.2, 0.25) is 0 Å². The largest absolute Gasteiger partial charge is 0.465 e. The molecule has 0 saturated carbocycles. The van der Waals surface area contributed by atoms with E-state index in [9.17, 15) is 19.2 Å². The van der Waals surface area contributed by atoms with Crippen molar-refractivity contribution in [3.63, 3.8) is 0 Å². The first kappa shape index (κ1) is 25.4. The highest BCUT2D eigenvalue weighted by Crippen LogP contribution is 2.31. The number of thioether (sulfide) groups is 1. The van der Waals surface area contributed by atoms with Gasteiger partial charge in [-0.15, -0.1) is 0 Å². The van der Waals surface area contributed by atoms with Crippen LogP contribution in [0, 0.1) is 12.8 Å². The molecule has 0 bridgehead atoms. The predicted molar refractivity (Wildman–Crippen MR) is 135 cm³/mol. The van der Waals surface area contributed by atoms with E-state index in [0.717, 1.165) is 17.3 Å². The first-order valence-corrected chi connectivity index (χ1v) is 12.0. The standard InChI is InChI=1S/C24H25N5O6S/c1-13-6-4-5-7-18(13)29-21(31)17-11-25-28-20(17)27-24(29)36-12-19(30)26-16-9-14(22(32)34-2)8-15(10-16)23(33)35-3/h4-10,17,20,25,28H,11-12H2,1-3H3,(H,26,30). The van der Waals surface area contributed by atoms with E-state index in [2.05, 4.69) is 21.2 Å². The van der Waals surface area contributed by atoms with E-state index in [1.54, 1.807) is 4.90 Å². The molecule has 36 heavy (non-hydrogen) atoms. The molecule has 12 heteroatoms. The van der Waals surface area contributed by atoms with Gasteiger partial charge in [-0.25, -0.2) is 20.0 Å². The van der Waals surface area contributed by atoms with E-state index in [0.29, 0.717) is 17.4 Å². The lowest BCUT2D eigenvalue weighted by atomic mass is 10.0. The number of nitrogens with one attached hydrogen (secondary N) is 3. The molecule has 11 nitrogen and oxygen atoms in total. The summed E-state index contributed by atoms with van der Waals surface area (Å²) in [5.41, 5.74) is 7.96. The monoisotopic (exact) mass is 511 g/mol. The number of rotatable bonds is 6. The number of fused-ring (bicyclic) bond motifs is 1. The minimum Gasteiger partial charge on any atom is -0.465 e. The van der Waals surface area contributed by atoms with Crippen molar-refractivity contribution in [1.29, 1.82) is 0 Å². The first-order valence-electron chi connectivity index (χ1n) is 11.0. The lowest BCUT2D eigenvalue weighted by Crippen LogP contribution is -2.49. The van der Waals surface area contributed by atoms with Crippen LogP contribution >= 0.6 is 11.8 Å². The van der Waals surface area contributed by atoms with E-state index in [-0.39, 0.29) is 34.4 Å². The maximum atomic E-state index is 13.3. The van der Waals surface area contributed by atoms with Crippen LogP contribution in [0.3, 0.4) is 0 Å². The number of aliphatic imine (C=N–C) groups is 1. The van der Waals surface area contributed by atoms with E-state index >= 15 is 0 Å². The minimum absolute atomic E-state index is 0.0741. The van der Waals surface area contributed by atoms with Gasteiger partial charge in [0.25, 0.3) is 0 Å². The molecule has 0 radical (unpaired) electrons. The third-order valence-electron chi connectivity index (χ3n) is 5.68. The number of benzene rings is 2. The predicted octanol–water partition coefficient (Wildman–Crippen LogP) is 1.69. The molecule has 2 aromatic rings. The second kappa shape index (κ2) is 10.9. The fourth-order valence-electron chi connectivity index (χ4n) is 3.90. The molecular weight excluding hydrogens is 486 g/mol. The van der Waals surface area contributed by atoms with Gasteiger partial charge in [0.1, 0.15) is 6.17 Å². The number of aryl methyl sites for hydroxylation is 1. The number of ether oxygens (including phenoxy) is 2. The molecule has 0 spiro atoms. The Bertz CT molecular complexity index is 1220. The quantitative estimate of drug-likeness (QED) is 0.495. The Balaban J connectivity index is 1.54. The molecule has 2 atom stereocenters. The Labute approximate surface area is 211 Å². The smallest absolute Gasteiger partial charge is 0.337 e. The van der Waals surface area contributed by atoms with Crippen molar-refractivity contribution in [1.82, 2.24) is 10.9 Å². The highest BCUT2D eigenvalue weighted by Gasteiger charge is 2.42. The molecule has 2 aliphatic heterocycles. The van der Waals surface area contributed by atoms with Gasteiger partial charge in [0, 0.05) is 12.2 Å². The Hall–Kier alpha value is -3.74. The zero-order valence-electron chi connectivity index (χ0n) is 19.9. The van der Waals surface area contributed by atoms with E-state index in [1.165, 1.54) is 32.4 Å². The van der Waals surface area contributed by atoms with E-state index in [1.807, 2.05) is 31.2 Å². The number of amidine groups is 1. The molecule has 3 N–H and O–H groups in total. The highest BCUT2D eigenvalue weighted by molar-refractivity contribution is 8.14. The van der Waals surface area contributed by atoms with Crippen molar-refractivity contribution >= 4 is 52.1 Å². The van der Waals surface area contributed by atoms with Crippen LogP contribution in [-0.4, -0.2) is 61.6 Å². The molecule has 0 aromatic heterocycles. The van der Waals surface area contributed by atoms with Crippen molar-refractivity contribution in [3.8, 4) is 0 Å². The number of carbonyl (C=O) groups excluding carboxylic acids is 4. The van der Waals surface area contributed by atoms with Crippen molar-refractivity contribution in [2.45, 2.75) is 13.1 Å². The summed E-state index contributed by atoms with van der Waals surface area (Å²) in [4.78, 5) is 56.4. The summed E-state index contributed by atoms with van der Waals surface area (Å²) in [7, 11) is 2.43. The normalized spacial score (nSPS) is 18.8. The zero-order chi connectivity index (χ0) is 25.8. The van der Waals surface area contributed by atoms with E-state index in [4.69, 9.17) is 9.47 Å². The number of esters is 2. The molecule has 2 aromatic carbocycles. The average molecular weight is 512 g/mol. The molecule has 2 heterocycles. The van der Waals surface area contributed by atoms with Crippen LogP contribution in [-0.2, 0) is 19.1 Å². The number of anilines is 2. The van der Waals surface area contributed by atoms with Crippen molar-refractivity contribution in [2.24, 2.45) is 10.9 Å². The summed E-state index contributed by atoms with van der Waals surface area (Å²) in [6, 6.07) is 11.6. The Kier molecular flexibility index (Phi) is 7.67. The zero-order valence-corrected chi connectivity index (χ0v) is 20.7. The Morgan fingerprint density at radius 3 is 2.42 bits per heavy atom. The third-order valence-corrected chi connectivity index (χ3v) is 6.63. The summed E-state index contributed by atoms with van der Waals surface area (Å²) in [6.45, 7) is 2.36. The second-order valence-corrected chi connectivity index (χ2v) is 9.01. The molecule has 4 rings (SSSR count). The average Bonchev–Trinajstić information content (AvgIpc) is 3.36. The van der Waals surface area contributed by atoms with Gasteiger partial charge in [0.05, 0.1) is 42.7 Å². The maximum Gasteiger partial charge on any atom is 0.337 e. The van der Waals surface area contributed by atoms with Gasteiger partial charge in [-0.05, 0) is 36.8 Å². The van der Waals surface area contributed by atoms with Gasteiger partial charge >= 0.3 is 11.9 Å². The molecule has 1 saturated heterocycles. The van der Waals surface area contributed by atoms with Gasteiger partial charge in [-0.2, -0.15) is 0 Å². The summed E-state index contributed by atoms with van der Waals surface area (Å²) in [5, 5.41) is 3.07. The van der Waals surface area contributed by atoms with Gasteiger partial charge in [0.15, 0.2) is 5.17 Å². The number of para-hydroxylation sites is 1. The number of methoxy groups -OCH3 is 2. The molecule has 1 fully saturated rings. The summed E-state index contributed by atoms with van der Waals surface area (Å²) >= 11 is 1.11. The number of nitrogens with zero attached hydrogens (tertiary/aromatic N) is 2. The summed E-state index contributed by atoms with van der Waals surface area (Å²) < 4.78 is 9.45. The minimum atomic E-state index is -0.665. The van der Waals surface area contributed by atoms with Gasteiger partial charge in [-0.3, -0.25) is 19.9 Å². The molecule has 2 unspecified atom stereocenters. The number of carbonyl (C=O) groups is 4. The molecule has 2 aliphatic rings. The third kappa shape index (κ3) is 5.25. The fourth-order valence-corrected chi connectivity index (χ4v) is 4.74. The van der Waals surface area contributed by atoms with Crippen LogP contribution in [0.4, 0.5) is 11.4 Å². The first-order chi connectivity index (χ1) is 17.3. The van der Waals surface area contributed by atoms with Crippen LogP contribution in [0.1, 0.15) is 26.3 Å². The lowest BCUT2D eigenvalue weighted by Gasteiger charge is -2.33. The number of hydrogen-bond donors (Lipinski definition) is 3. The van der Waals surface area contributed by atoms with Crippen molar-refractivity contribution < 1.29 is 28.7 Å². The van der Waals surface area contributed by atoms with Gasteiger partial charge in [-0.1, -0.05) is 30.0 Å². The van der Waals surface area contributed by atoms with Crippen LogP contribution in [0.25, 0.3) is 0 Å². The Morgan fingerprint density at radius 2 is 1.78 bits per heavy atom. The Morgan fingerprint density at radius 1 is 1.11 bits per heavy atom. The summed E-state index contributed by atoms with van der Waals surface area (Å²) in [5.74, 6) is -2.30. The van der Waals surface area contributed by atoms with Crippen LogP contribution in [0.5, 0.6) is 0 Å². The maximum absolute atomic E-state index is 13.3. The van der Waals surface area contributed by atoms with Crippen LogP contribution < -0.4 is 21.1 Å². The van der Waals surface area contributed by atoms with Gasteiger partial charge < -0.3 is 14.8 Å². The van der Waals surface area contributed by atoms with Gasteiger partial charge in [0.2, 0.25) is 11.8 Å². The second-order valence-electron chi connectivity index (χ2n) is 8.07. The van der Waals surface area contributed by atoms with Crippen molar-refractivity contribution in [2.75, 3.05) is 36.7 Å². The topological polar surface area (TPSA) is 138 Å². The molecular formula is C24H25N5O6S. The van der Waals surface area contributed by atoms with Crippen molar-refractivity contribution in [3.05, 3.63) is 59.2 Å². The fraction of sp³-hybridized carbons (Fsp3) is 0.292. The molecule has 2 amide bonds. The number of hydrogen-bond acceptors (Lipinski definition) is 10. The summed E-state index contributed by atoms with van der Waals surface area (Å²) in [6.07, 6.45) is -0.428. The lowest BCUT2D eigenvalue weighted by molar-refractivity contribution is -0.121. The number of amides is 2. The number of hydrazine groups is 1. The highest BCUT2D eigenvalue weighted by atomic mass is 32.2. The SMILES string of the molecule is COC(=O)c1cc(NC(=O)CSC2=NC3NNCC3C(=O)N2c2ccccc2C)cc(C(=O)OC)c1. The molecule has 0 aliphatic carbocycles. The van der Waals surface area contributed by atoms with Crippen LogP contribution in [0.15, 0.2) is 47.5 Å².